The van der Waals surface area contributed by atoms with Crippen molar-refractivity contribution in [2.24, 2.45) is 0 Å². The molecular weight excluding hydrogens is 392 g/mol. The molecular formula is C21H22N2O5S. The highest BCUT2D eigenvalue weighted by atomic mass is 32.1. The maximum atomic E-state index is 12.5. The summed E-state index contributed by atoms with van der Waals surface area (Å²) in [6, 6.07) is 12.6. The number of amides is 1. The molecule has 3 aromatic rings. The molecule has 3 rings (SSSR count). The molecule has 0 bridgehead atoms. The monoisotopic (exact) mass is 414 g/mol. The lowest BCUT2D eigenvalue weighted by atomic mass is 10.1. The van der Waals surface area contributed by atoms with Crippen LogP contribution < -0.4 is 24.3 Å². The van der Waals surface area contributed by atoms with Crippen LogP contribution in [0.25, 0.3) is 11.3 Å². The Morgan fingerprint density at radius 3 is 2.45 bits per heavy atom. The molecule has 0 aliphatic heterocycles. The van der Waals surface area contributed by atoms with Gasteiger partial charge in [-0.25, -0.2) is 4.98 Å². The van der Waals surface area contributed by atoms with Crippen LogP contribution in [0.5, 0.6) is 23.0 Å². The van der Waals surface area contributed by atoms with Crippen molar-refractivity contribution in [3.63, 3.8) is 0 Å². The highest BCUT2D eigenvalue weighted by Crippen LogP contribution is 2.35. The van der Waals surface area contributed by atoms with E-state index in [-0.39, 0.29) is 5.91 Å². The zero-order valence-electron chi connectivity index (χ0n) is 16.6. The number of anilines is 1. The number of methoxy groups -OCH3 is 3. The number of nitrogens with one attached hydrogen (secondary N) is 1. The molecule has 0 saturated heterocycles. The lowest BCUT2D eigenvalue weighted by Gasteiger charge is -2.14. The van der Waals surface area contributed by atoms with E-state index in [9.17, 15) is 4.79 Å². The number of benzene rings is 2. The molecule has 0 aliphatic rings. The van der Waals surface area contributed by atoms with Crippen molar-refractivity contribution in [1.29, 1.82) is 0 Å². The van der Waals surface area contributed by atoms with Crippen LogP contribution in [0.15, 0.2) is 47.8 Å². The summed E-state index contributed by atoms with van der Waals surface area (Å²) in [7, 11) is 4.77. The molecule has 0 saturated carbocycles. The van der Waals surface area contributed by atoms with Crippen molar-refractivity contribution < 1.29 is 23.7 Å². The van der Waals surface area contributed by atoms with Crippen LogP contribution in [-0.2, 0) is 4.79 Å². The second kappa shape index (κ2) is 9.29. The van der Waals surface area contributed by atoms with E-state index in [0.717, 1.165) is 5.56 Å². The first-order chi connectivity index (χ1) is 14.0. The lowest BCUT2D eigenvalue weighted by molar-refractivity contribution is -0.122. The maximum absolute atomic E-state index is 12.5. The second-order valence-corrected chi connectivity index (χ2v) is 6.89. The summed E-state index contributed by atoms with van der Waals surface area (Å²) < 4.78 is 21.5. The summed E-state index contributed by atoms with van der Waals surface area (Å²) in [6.45, 7) is 1.68. The van der Waals surface area contributed by atoms with Crippen LogP contribution in [0.1, 0.15) is 6.92 Å². The molecule has 1 aromatic heterocycles. The molecule has 1 atom stereocenters. The Balaban J connectivity index is 1.70. The topological polar surface area (TPSA) is 78.9 Å². The van der Waals surface area contributed by atoms with Crippen LogP contribution in [0.2, 0.25) is 0 Å². The molecule has 1 heterocycles. The molecule has 0 fully saturated rings. The van der Waals surface area contributed by atoms with Gasteiger partial charge in [-0.1, -0.05) is 6.07 Å². The quantitative estimate of drug-likeness (QED) is 0.594. The Bertz CT molecular complexity index is 989. The minimum Gasteiger partial charge on any atom is -0.497 e. The van der Waals surface area contributed by atoms with E-state index in [1.54, 1.807) is 46.5 Å². The number of aromatic nitrogens is 1. The third kappa shape index (κ3) is 4.97. The number of ether oxygens (including phenoxy) is 4. The van der Waals surface area contributed by atoms with Gasteiger partial charge in [-0.2, -0.15) is 0 Å². The zero-order chi connectivity index (χ0) is 20.8. The number of rotatable bonds is 8. The highest BCUT2D eigenvalue weighted by molar-refractivity contribution is 7.14. The fourth-order valence-electron chi connectivity index (χ4n) is 2.61. The van der Waals surface area contributed by atoms with E-state index in [1.165, 1.54) is 11.3 Å². The van der Waals surface area contributed by atoms with Gasteiger partial charge in [-0.15, -0.1) is 11.3 Å². The molecule has 1 amide bonds. The highest BCUT2D eigenvalue weighted by Gasteiger charge is 2.18. The summed E-state index contributed by atoms with van der Waals surface area (Å²) in [5.74, 6) is 2.27. The molecule has 0 aliphatic carbocycles. The second-order valence-electron chi connectivity index (χ2n) is 6.03. The van der Waals surface area contributed by atoms with Gasteiger partial charge >= 0.3 is 0 Å². The van der Waals surface area contributed by atoms with Crippen LogP contribution in [0.3, 0.4) is 0 Å². The van der Waals surface area contributed by atoms with Crippen molar-refractivity contribution in [2.75, 3.05) is 26.6 Å². The minimum absolute atomic E-state index is 0.300. The number of carbonyl (C=O) groups is 1. The predicted molar refractivity (Wildman–Crippen MR) is 112 cm³/mol. The van der Waals surface area contributed by atoms with E-state index in [1.807, 2.05) is 29.6 Å². The first kappa shape index (κ1) is 20.5. The molecule has 152 valence electrons. The molecule has 0 spiro atoms. The van der Waals surface area contributed by atoms with Crippen molar-refractivity contribution in [3.05, 3.63) is 47.8 Å². The summed E-state index contributed by atoms with van der Waals surface area (Å²) in [4.78, 5) is 17.0. The molecule has 1 N–H and O–H groups in total. The van der Waals surface area contributed by atoms with E-state index < -0.39 is 6.10 Å². The van der Waals surface area contributed by atoms with Crippen molar-refractivity contribution in [2.45, 2.75) is 13.0 Å². The number of carbonyl (C=O) groups excluding carboxylic acids is 1. The Morgan fingerprint density at radius 2 is 1.72 bits per heavy atom. The van der Waals surface area contributed by atoms with Gasteiger partial charge in [0.1, 0.15) is 23.0 Å². The molecule has 29 heavy (non-hydrogen) atoms. The van der Waals surface area contributed by atoms with Crippen LogP contribution >= 0.6 is 11.3 Å². The minimum atomic E-state index is -0.708. The average Bonchev–Trinajstić information content (AvgIpc) is 3.21. The van der Waals surface area contributed by atoms with Gasteiger partial charge in [0.25, 0.3) is 5.91 Å². The largest absolute Gasteiger partial charge is 0.497 e. The fourth-order valence-corrected chi connectivity index (χ4v) is 3.32. The predicted octanol–water partition coefficient (Wildman–Crippen LogP) is 4.24. The summed E-state index contributed by atoms with van der Waals surface area (Å²) >= 11 is 1.32. The van der Waals surface area contributed by atoms with Gasteiger partial charge in [0, 0.05) is 17.0 Å². The SMILES string of the molecule is COc1cccc(OC(C)C(=O)Nc2nc(-c3cc(OC)ccc3OC)cs2)c1. The Labute approximate surface area is 173 Å². The maximum Gasteiger partial charge on any atom is 0.266 e. The Hall–Kier alpha value is -3.26. The van der Waals surface area contributed by atoms with Crippen LogP contribution in [0.4, 0.5) is 5.13 Å². The van der Waals surface area contributed by atoms with Gasteiger partial charge in [0.05, 0.1) is 27.0 Å². The molecule has 8 heteroatoms. The van der Waals surface area contributed by atoms with Gasteiger partial charge in [0.15, 0.2) is 11.2 Å². The number of hydrogen-bond acceptors (Lipinski definition) is 7. The van der Waals surface area contributed by atoms with Crippen molar-refractivity contribution in [3.8, 4) is 34.3 Å². The summed E-state index contributed by atoms with van der Waals surface area (Å²) in [6.07, 6.45) is -0.708. The molecule has 2 aromatic carbocycles. The fraction of sp³-hybridized carbons (Fsp3) is 0.238. The van der Waals surface area contributed by atoms with E-state index in [0.29, 0.717) is 33.8 Å². The van der Waals surface area contributed by atoms with Crippen molar-refractivity contribution >= 4 is 22.4 Å². The van der Waals surface area contributed by atoms with Crippen LogP contribution in [0, 0.1) is 0 Å². The molecule has 1 unspecified atom stereocenters. The first-order valence-corrected chi connectivity index (χ1v) is 9.71. The smallest absolute Gasteiger partial charge is 0.266 e. The molecule has 0 radical (unpaired) electrons. The summed E-state index contributed by atoms with van der Waals surface area (Å²) in [5.41, 5.74) is 1.46. The first-order valence-electron chi connectivity index (χ1n) is 8.83. The number of thiazole rings is 1. The van der Waals surface area contributed by atoms with E-state index in [2.05, 4.69) is 10.3 Å². The van der Waals surface area contributed by atoms with Gasteiger partial charge in [0.2, 0.25) is 0 Å². The average molecular weight is 414 g/mol. The van der Waals surface area contributed by atoms with Gasteiger partial charge < -0.3 is 18.9 Å². The Morgan fingerprint density at radius 1 is 1.00 bits per heavy atom. The van der Waals surface area contributed by atoms with Crippen LogP contribution in [-0.4, -0.2) is 38.3 Å². The normalized spacial score (nSPS) is 11.4. The third-order valence-corrected chi connectivity index (χ3v) is 4.90. The zero-order valence-corrected chi connectivity index (χ0v) is 17.4. The molecule has 7 nitrogen and oxygen atoms in total. The van der Waals surface area contributed by atoms with Gasteiger partial charge in [-0.05, 0) is 37.3 Å². The van der Waals surface area contributed by atoms with Crippen molar-refractivity contribution in [1.82, 2.24) is 4.98 Å². The van der Waals surface area contributed by atoms with Gasteiger partial charge in [-0.3, -0.25) is 10.1 Å². The number of nitrogens with zero attached hydrogens (tertiary/aromatic N) is 1. The third-order valence-electron chi connectivity index (χ3n) is 4.14. The Kier molecular flexibility index (Phi) is 6.56. The van der Waals surface area contributed by atoms with E-state index in [4.69, 9.17) is 18.9 Å². The number of hydrogen-bond donors (Lipinski definition) is 1. The standard InChI is InChI=1S/C21H22N2O5S/c1-13(28-16-7-5-6-14(10-16)25-2)20(24)23-21-22-18(12-29-21)17-11-15(26-3)8-9-19(17)27-4/h5-13H,1-4H3,(H,22,23,24). The lowest BCUT2D eigenvalue weighted by Crippen LogP contribution is -2.30. The van der Waals surface area contributed by atoms with E-state index >= 15 is 0 Å². The summed E-state index contributed by atoms with van der Waals surface area (Å²) in [5, 5.41) is 5.10.